The predicted octanol–water partition coefficient (Wildman–Crippen LogP) is 1.81. The molecule has 1 amide bonds. The Morgan fingerprint density at radius 2 is 2.24 bits per heavy atom. The van der Waals surface area contributed by atoms with Crippen LogP contribution < -0.4 is 10.6 Å². The van der Waals surface area contributed by atoms with Crippen LogP contribution in [0.4, 0.5) is 10.1 Å². The first-order valence-electron chi connectivity index (χ1n) is 6.30. The van der Waals surface area contributed by atoms with Gasteiger partial charge in [-0.3, -0.25) is 9.78 Å². The lowest BCUT2D eigenvalue weighted by molar-refractivity contribution is 0.0992. The van der Waals surface area contributed by atoms with Crippen LogP contribution in [0.25, 0.3) is 0 Å². The average molecular weight is 283 g/mol. The van der Waals surface area contributed by atoms with Crippen molar-refractivity contribution in [3.63, 3.8) is 0 Å². The van der Waals surface area contributed by atoms with Crippen molar-refractivity contribution in [1.82, 2.24) is 4.98 Å². The zero-order valence-electron chi connectivity index (χ0n) is 11.5. The highest BCUT2D eigenvalue weighted by atomic mass is 19.1. The predicted molar refractivity (Wildman–Crippen MR) is 79.3 cm³/mol. The Labute approximate surface area is 122 Å². The standard InChI is InChI=1S/C16H14FN3O/c1-20(14-6-2-5-13(17)10-14)16(21)15-7-9-19-11-12(15)4-3-8-18/h2,5-7,9-11H,8,18H2,1H3. The second-order valence-electron chi connectivity index (χ2n) is 4.27. The summed E-state index contributed by atoms with van der Waals surface area (Å²) in [5.41, 5.74) is 6.70. The van der Waals surface area contributed by atoms with E-state index in [2.05, 4.69) is 16.8 Å². The van der Waals surface area contributed by atoms with Crippen molar-refractivity contribution < 1.29 is 9.18 Å². The summed E-state index contributed by atoms with van der Waals surface area (Å²) in [6.45, 7) is 0.197. The van der Waals surface area contributed by atoms with Gasteiger partial charge < -0.3 is 10.6 Å². The van der Waals surface area contributed by atoms with E-state index in [1.54, 1.807) is 25.2 Å². The van der Waals surface area contributed by atoms with Crippen molar-refractivity contribution in [2.24, 2.45) is 5.73 Å². The van der Waals surface area contributed by atoms with E-state index in [4.69, 9.17) is 5.73 Å². The lowest BCUT2D eigenvalue weighted by Gasteiger charge is -2.18. The second kappa shape index (κ2) is 6.64. The van der Waals surface area contributed by atoms with E-state index in [9.17, 15) is 9.18 Å². The maximum atomic E-state index is 13.3. The second-order valence-corrected chi connectivity index (χ2v) is 4.27. The molecule has 0 spiro atoms. The lowest BCUT2D eigenvalue weighted by atomic mass is 10.1. The first-order valence-corrected chi connectivity index (χ1v) is 6.30. The molecule has 2 aromatic rings. The summed E-state index contributed by atoms with van der Waals surface area (Å²) in [5, 5.41) is 0. The highest BCUT2D eigenvalue weighted by Crippen LogP contribution is 2.18. The number of pyridine rings is 1. The number of nitrogens with zero attached hydrogens (tertiary/aromatic N) is 2. The molecule has 0 aliphatic rings. The normalized spacial score (nSPS) is 9.67. The number of hydrogen-bond acceptors (Lipinski definition) is 3. The number of carbonyl (C=O) groups is 1. The number of benzene rings is 1. The fourth-order valence-electron chi connectivity index (χ4n) is 1.81. The quantitative estimate of drug-likeness (QED) is 0.855. The molecular weight excluding hydrogens is 269 g/mol. The largest absolute Gasteiger partial charge is 0.320 e. The first kappa shape index (κ1) is 14.7. The van der Waals surface area contributed by atoms with Gasteiger partial charge in [-0.1, -0.05) is 17.9 Å². The van der Waals surface area contributed by atoms with Crippen LogP contribution >= 0.6 is 0 Å². The van der Waals surface area contributed by atoms with Crippen LogP contribution in [-0.2, 0) is 0 Å². The Hall–Kier alpha value is -2.71. The minimum absolute atomic E-state index is 0.197. The summed E-state index contributed by atoms with van der Waals surface area (Å²) in [5.74, 6) is 4.82. The molecule has 0 atom stereocenters. The van der Waals surface area contributed by atoms with Crippen LogP contribution in [0, 0.1) is 17.7 Å². The monoisotopic (exact) mass is 283 g/mol. The number of rotatable bonds is 2. The van der Waals surface area contributed by atoms with Gasteiger partial charge in [0, 0.05) is 25.1 Å². The molecule has 2 N–H and O–H groups in total. The molecule has 0 aliphatic heterocycles. The molecule has 0 bridgehead atoms. The van der Waals surface area contributed by atoms with Crippen molar-refractivity contribution in [3.05, 3.63) is 59.7 Å². The first-order chi connectivity index (χ1) is 10.1. The van der Waals surface area contributed by atoms with Crippen LogP contribution in [0.5, 0.6) is 0 Å². The van der Waals surface area contributed by atoms with Crippen molar-refractivity contribution in [2.45, 2.75) is 0 Å². The van der Waals surface area contributed by atoms with Crippen LogP contribution in [0.3, 0.4) is 0 Å². The number of amides is 1. The van der Waals surface area contributed by atoms with E-state index in [0.717, 1.165) is 0 Å². The highest BCUT2D eigenvalue weighted by molar-refractivity contribution is 6.07. The molecule has 4 nitrogen and oxygen atoms in total. The molecule has 2 rings (SSSR count). The maximum Gasteiger partial charge on any atom is 0.259 e. The lowest BCUT2D eigenvalue weighted by Crippen LogP contribution is -2.27. The van der Waals surface area contributed by atoms with E-state index in [0.29, 0.717) is 16.8 Å². The van der Waals surface area contributed by atoms with Gasteiger partial charge in [0.25, 0.3) is 5.91 Å². The summed E-state index contributed by atoms with van der Waals surface area (Å²) in [6.07, 6.45) is 3.02. The van der Waals surface area contributed by atoms with Crippen LogP contribution in [0.2, 0.25) is 0 Å². The highest BCUT2D eigenvalue weighted by Gasteiger charge is 2.16. The van der Waals surface area contributed by atoms with E-state index in [1.807, 2.05) is 0 Å². The molecule has 1 aromatic carbocycles. The third kappa shape index (κ3) is 3.44. The maximum absolute atomic E-state index is 13.3. The Bertz CT molecular complexity index is 719. The van der Waals surface area contributed by atoms with Crippen LogP contribution in [0.15, 0.2) is 42.7 Å². The van der Waals surface area contributed by atoms with Gasteiger partial charge in [0.1, 0.15) is 5.82 Å². The van der Waals surface area contributed by atoms with Gasteiger partial charge in [0.05, 0.1) is 17.7 Å². The third-order valence-corrected chi connectivity index (χ3v) is 2.88. The van der Waals surface area contributed by atoms with Gasteiger partial charge in [-0.15, -0.1) is 0 Å². The molecule has 0 saturated carbocycles. The van der Waals surface area contributed by atoms with Gasteiger partial charge in [-0.2, -0.15) is 0 Å². The molecule has 21 heavy (non-hydrogen) atoms. The van der Waals surface area contributed by atoms with Crippen molar-refractivity contribution >= 4 is 11.6 Å². The molecular formula is C16H14FN3O. The van der Waals surface area contributed by atoms with Gasteiger partial charge in [0.15, 0.2) is 0 Å². The summed E-state index contributed by atoms with van der Waals surface area (Å²) in [4.78, 5) is 17.8. The summed E-state index contributed by atoms with van der Waals surface area (Å²) in [7, 11) is 1.58. The van der Waals surface area contributed by atoms with E-state index in [-0.39, 0.29) is 12.5 Å². The summed E-state index contributed by atoms with van der Waals surface area (Å²) >= 11 is 0. The van der Waals surface area contributed by atoms with E-state index >= 15 is 0 Å². The zero-order valence-corrected chi connectivity index (χ0v) is 11.5. The third-order valence-electron chi connectivity index (χ3n) is 2.88. The zero-order chi connectivity index (χ0) is 15.2. The molecule has 1 heterocycles. The molecule has 0 unspecified atom stereocenters. The summed E-state index contributed by atoms with van der Waals surface area (Å²) < 4.78 is 13.3. The molecule has 5 heteroatoms. The minimum Gasteiger partial charge on any atom is -0.320 e. The van der Waals surface area contributed by atoms with Crippen LogP contribution in [-0.4, -0.2) is 24.5 Å². The Kier molecular flexibility index (Phi) is 4.64. The van der Waals surface area contributed by atoms with Gasteiger partial charge in [-0.25, -0.2) is 4.39 Å². The number of carbonyl (C=O) groups excluding carboxylic acids is 1. The van der Waals surface area contributed by atoms with Crippen molar-refractivity contribution in [3.8, 4) is 11.8 Å². The van der Waals surface area contributed by atoms with Crippen molar-refractivity contribution in [1.29, 1.82) is 0 Å². The minimum atomic E-state index is -0.398. The smallest absolute Gasteiger partial charge is 0.259 e. The number of aromatic nitrogens is 1. The fraction of sp³-hybridized carbons (Fsp3) is 0.125. The van der Waals surface area contributed by atoms with Crippen LogP contribution in [0.1, 0.15) is 15.9 Å². The van der Waals surface area contributed by atoms with Gasteiger partial charge >= 0.3 is 0 Å². The Morgan fingerprint density at radius 3 is 2.95 bits per heavy atom. The van der Waals surface area contributed by atoms with Crippen molar-refractivity contribution in [2.75, 3.05) is 18.5 Å². The molecule has 0 saturated heterocycles. The molecule has 106 valence electrons. The topological polar surface area (TPSA) is 59.2 Å². The summed E-state index contributed by atoms with van der Waals surface area (Å²) in [6, 6.07) is 7.42. The molecule has 1 aromatic heterocycles. The number of nitrogens with two attached hydrogens (primary N) is 1. The average Bonchev–Trinajstić information content (AvgIpc) is 2.51. The fourth-order valence-corrected chi connectivity index (χ4v) is 1.81. The Balaban J connectivity index is 2.36. The number of hydrogen-bond donors (Lipinski definition) is 1. The molecule has 0 aliphatic carbocycles. The number of halogens is 1. The van der Waals surface area contributed by atoms with E-state index < -0.39 is 5.82 Å². The van der Waals surface area contributed by atoms with Gasteiger partial charge in [0.2, 0.25) is 0 Å². The SMILES string of the molecule is CN(C(=O)c1ccncc1C#CCN)c1cccc(F)c1. The molecule has 0 fully saturated rings. The van der Waals surface area contributed by atoms with E-state index in [1.165, 1.54) is 29.4 Å². The number of anilines is 1. The van der Waals surface area contributed by atoms with Gasteiger partial charge in [-0.05, 0) is 24.3 Å². The molecule has 0 radical (unpaired) electrons. The Morgan fingerprint density at radius 1 is 1.43 bits per heavy atom.